The molecule has 0 spiro atoms. The van der Waals surface area contributed by atoms with Crippen molar-refractivity contribution in [2.45, 2.75) is 65.3 Å². The van der Waals surface area contributed by atoms with Crippen molar-refractivity contribution in [2.24, 2.45) is 5.41 Å². The van der Waals surface area contributed by atoms with Crippen molar-refractivity contribution in [2.75, 3.05) is 13.7 Å². The van der Waals surface area contributed by atoms with Gasteiger partial charge < -0.3 is 15.2 Å². The summed E-state index contributed by atoms with van der Waals surface area (Å²) in [7, 11) is 1.52. The molecule has 0 fully saturated rings. The number of aryl methyl sites for hydroxylation is 1. The van der Waals surface area contributed by atoms with Gasteiger partial charge in [0.25, 0.3) is 5.69 Å². The van der Waals surface area contributed by atoms with Gasteiger partial charge in [-0.2, -0.15) is 13.2 Å². The SMILES string of the molecule is COc1ccc([N+](=O)[O-])cc1C1=C(CN[C@@H](C)[C@H](O)c2cc(C)cc(C(F)(F)F)c2)CC(C)(C)CC1. The minimum absolute atomic E-state index is 0.00840. The third kappa shape index (κ3) is 6.44. The van der Waals surface area contributed by atoms with Gasteiger partial charge in [0, 0.05) is 30.3 Å². The Morgan fingerprint density at radius 1 is 1.22 bits per heavy atom. The molecule has 3 rings (SSSR count). The maximum Gasteiger partial charge on any atom is 0.416 e. The van der Waals surface area contributed by atoms with Gasteiger partial charge in [0.2, 0.25) is 0 Å². The molecule has 6 nitrogen and oxygen atoms in total. The fourth-order valence-corrected chi connectivity index (χ4v) is 4.78. The molecule has 36 heavy (non-hydrogen) atoms. The average molecular weight is 507 g/mol. The third-order valence-corrected chi connectivity index (χ3v) is 6.77. The number of alkyl halides is 3. The van der Waals surface area contributed by atoms with E-state index in [9.17, 15) is 28.4 Å². The number of hydrogen-bond acceptors (Lipinski definition) is 5. The van der Waals surface area contributed by atoms with Gasteiger partial charge in [-0.1, -0.05) is 31.1 Å². The first-order valence-corrected chi connectivity index (χ1v) is 11.9. The molecule has 0 bridgehead atoms. The molecule has 0 unspecified atom stereocenters. The molecule has 0 saturated heterocycles. The van der Waals surface area contributed by atoms with Gasteiger partial charge in [0.05, 0.1) is 23.7 Å². The fourth-order valence-electron chi connectivity index (χ4n) is 4.78. The van der Waals surface area contributed by atoms with Crippen molar-refractivity contribution < 1.29 is 27.9 Å². The lowest BCUT2D eigenvalue weighted by molar-refractivity contribution is -0.384. The van der Waals surface area contributed by atoms with E-state index in [4.69, 9.17) is 4.74 Å². The smallest absolute Gasteiger partial charge is 0.416 e. The zero-order chi connectivity index (χ0) is 26.8. The van der Waals surface area contributed by atoms with Gasteiger partial charge >= 0.3 is 6.18 Å². The summed E-state index contributed by atoms with van der Waals surface area (Å²) >= 11 is 0. The minimum Gasteiger partial charge on any atom is -0.496 e. The standard InChI is InChI=1S/C27H33F3N2O4/c1-16-10-18(12-20(11-16)27(28,29)30)25(33)17(2)31-15-19-14-26(3,4)9-8-22(19)23-13-21(32(34)35)6-7-24(23)36-5/h6-7,10-13,17,25,31,33H,8-9,14-15H2,1-5H3/t17-,25-/m0/s1. The predicted molar refractivity (Wildman–Crippen MR) is 133 cm³/mol. The Hall–Kier alpha value is -2.91. The number of halogens is 3. The molecule has 1 aliphatic carbocycles. The molecule has 0 saturated carbocycles. The second-order valence-corrected chi connectivity index (χ2v) is 10.3. The van der Waals surface area contributed by atoms with Crippen LogP contribution in [0.4, 0.5) is 18.9 Å². The quantitative estimate of drug-likeness (QED) is 0.311. The lowest BCUT2D eigenvalue weighted by Gasteiger charge is -2.35. The Morgan fingerprint density at radius 3 is 2.53 bits per heavy atom. The maximum atomic E-state index is 13.3. The highest BCUT2D eigenvalue weighted by Gasteiger charge is 2.33. The molecule has 0 heterocycles. The summed E-state index contributed by atoms with van der Waals surface area (Å²) in [6, 6.07) is 7.58. The molecular formula is C27H33F3N2O4. The topological polar surface area (TPSA) is 84.6 Å². The molecule has 2 aromatic rings. The predicted octanol–water partition coefficient (Wildman–Crippen LogP) is 6.61. The normalized spacial score (nSPS) is 17.6. The van der Waals surface area contributed by atoms with Crippen molar-refractivity contribution >= 4 is 11.3 Å². The lowest BCUT2D eigenvalue weighted by atomic mass is 9.72. The number of hydrogen-bond donors (Lipinski definition) is 2. The number of ether oxygens (including phenoxy) is 1. The number of nitro benzene ring substituents is 1. The number of aliphatic hydroxyl groups is 1. The number of aliphatic hydroxyl groups excluding tert-OH is 1. The first-order chi connectivity index (χ1) is 16.7. The zero-order valence-corrected chi connectivity index (χ0v) is 21.2. The van der Waals surface area contributed by atoms with Crippen LogP contribution in [0.3, 0.4) is 0 Å². The van der Waals surface area contributed by atoms with Gasteiger partial charge in [0.1, 0.15) is 5.75 Å². The van der Waals surface area contributed by atoms with Crippen LogP contribution in [-0.2, 0) is 6.18 Å². The number of allylic oxidation sites excluding steroid dienone is 1. The summed E-state index contributed by atoms with van der Waals surface area (Å²) in [6.45, 7) is 7.97. The van der Waals surface area contributed by atoms with Crippen LogP contribution in [0.15, 0.2) is 42.0 Å². The molecule has 0 amide bonds. The summed E-state index contributed by atoms with van der Waals surface area (Å²) < 4.78 is 45.3. The second kappa shape index (κ2) is 10.6. The molecule has 2 atom stereocenters. The monoisotopic (exact) mass is 506 g/mol. The van der Waals surface area contributed by atoms with Crippen molar-refractivity contribution in [3.05, 3.63) is 74.3 Å². The van der Waals surface area contributed by atoms with E-state index in [1.54, 1.807) is 26.0 Å². The van der Waals surface area contributed by atoms with Crippen LogP contribution < -0.4 is 10.1 Å². The summed E-state index contributed by atoms with van der Waals surface area (Å²) in [5, 5.41) is 25.5. The van der Waals surface area contributed by atoms with Crippen molar-refractivity contribution in [3.8, 4) is 5.75 Å². The van der Waals surface area contributed by atoms with E-state index in [0.717, 1.165) is 36.1 Å². The fraction of sp³-hybridized carbons (Fsp3) is 0.481. The Morgan fingerprint density at radius 2 is 1.92 bits per heavy atom. The maximum absolute atomic E-state index is 13.3. The lowest BCUT2D eigenvalue weighted by Crippen LogP contribution is -2.35. The molecule has 2 N–H and O–H groups in total. The van der Waals surface area contributed by atoms with Crippen LogP contribution >= 0.6 is 0 Å². The van der Waals surface area contributed by atoms with E-state index in [0.29, 0.717) is 29.8 Å². The molecule has 196 valence electrons. The summed E-state index contributed by atoms with van der Waals surface area (Å²) in [5.41, 5.74) is 2.46. The van der Waals surface area contributed by atoms with Crippen LogP contribution in [0, 0.1) is 22.5 Å². The van der Waals surface area contributed by atoms with E-state index in [1.807, 2.05) is 0 Å². The molecule has 0 aromatic heterocycles. The van der Waals surface area contributed by atoms with Crippen molar-refractivity contribution in [1.29, 1.82) is 0 Å². The number of rotatable bonds is 8. The average Bonchev–Trinajstić information content (AvgIpc) is 2.80. The van der Waals surface area contributed by atoms with Gasteiger partial charge in [-0.05, 0) is 67.9 Å². The van der Waals surface area contributed by atoms with E-state index < -0.39 is 28.8 Å². The van der Waals surface area contributed by atoms with Gasteiger partial charge in [0.15, 0.2) is 0 Å². The van der Waals surface area contributed by atoms with Crippen LogP contribution in [0.5, 0.6) is 5.75 Å². The highest BCUT2D eigenvalue weighted by Crippen LogP contribution is 2.45. The number of nitrogens with one attached hydrogen (secondary N) is 1. The van der Waals surface area contributed by atoms with Crippen LogP contribution in [0.1, 0.15) is 68.4 Å². The van der Waals surface area contributed by atoms with Gasteiger partial charge in [-0.3, -0.25) is 10.1 Å². The van der Waals surface area contributed by atoms with Gasteiger partial charge in [-0.25, -0.2) is 0 Å². The molecule has 0 radical (unpaired) electrons. The summed E-state index contributed by atoms with van der Waals surface area (Å²) in [5.74, 6) is 0.542. The van der Waals surface area contributed by atoms with Crippen molar-refractivity contribution in [1.82, 2.24) is 5.32 Å². The molecule has 2 aromatic carbocycles. The number of nitrogens with zero attached hydrogens (tertiary/aromatic N) is 1. The van der Waals surface area contributed by atoms with Crippen LogP contribution in [0.25, 0.3) is 5.57 Å². The number of benzene rings is 2. The first-order valence-electron chi connectivity index (χ1n) is 11.9. The molecular weight excluding hydrogens is 473 g/mol. The largest absolute Gasteiger partial charge is 0.496 e. The summed E-state index contributed by atoms with van der Waals surface area (Å²) in [6.07, 6.45) is -3.34. The molecule has 1 aliphatic rings. The Balaban J connectivity index is 1.91. The molecule has 9 heteroatoms. The second-order valence-electron chi connectivity index (χ2n) is 10.3. The highest BCUT2D eigenvalue weighted by atomic mass is 19.4. The third-order valence-electron chi connectivity index (χ3n) is 6.77. The molecule has 0 aliphatic heterocycles. The van der Waals surface area contributed by atoms with Crippen LogP contribution in [0.2, 0.25) is 0 Å². The zero-order valence-electron chi connectivity index (χ0n) is 21.2. The minimum atomic E-state index is -4.50. The van der Waals surface area contributed by atoms with E-state index in [-0.39, 0.29) is 16.7 Å². The van der Waals surface area contributed by atoms with Crippen LogP contribution in [-0.4, -0.2) is 29.7 Å². The van der Waals surface area contributed by atoms with E-state index in [1.165, 1.54) is 19.2 Å². The summed E-state index contributed by atoms with van der Waals surface area (Å²) in [4.78, 5) is 11.0. The Labute approximate surface area is 209 Å². The Kier molecular flexibility index (Phi) is 8.15. The highest BCUT2D eigenvalue weighted by molar-refractivity contribution is 5.76. The number of non-ortho nitro benzene ring substituents is 1. The Bertz CT molecular complexity index is 1160. The van der Waals surface area contributed by atoms with E-state index >= 15 is 0 Å². The van der Waals surface area contributed by atoms with Crippen molar-refractivity contribution in [3.63, 3.8) is 0 Å². The number of methoxy groups -OCH3 is 1. The number of nitro groups is 1. The van der Waals surface area contributed by atoms with E-state index in [2.05, 4.69) is 19.2 Å². The first kappa shape index (κ1) is 27.7. The van der Waals surface area contributed by atoms with Gasteiger partial charge in [-0.15, -0.1) is 0 Å².